The van der Waals surface area contributed by atoms with Crippen LogP contribution in [0, 0.1) is 5.92 Å². The molecule has 3 aliphatic rings. The van der Waals surface area contributed by atoms with E-state index in [0.717, 1.165) is 12.1 Å². The Morgan fingerprint density at radius 3 is 2.18 bits per heavy atom. The number of piperidine rings is 3. The van der Waals surface area contributed by atoms with Crippen LogP contribution < -0.4 is 0 Å². The number of hydrogen-bond donors (Lipinski definition) is 0. The van der Waals surface area contributed by atoms with Gasteiger partial charge < -0.3 is 9.80 Å². The molecule has 0 spiro atoms. The van der Waals surface area contributed by atoms with E-state index in [4.69, 9.17) is 0 Å². The van der Waals surface area contributed by atoms with E-state index in [-0.39, 0.29) is 11.3 Å². The molecule has 120 valence electrons. The SMILES string of the molecule is CN(C(=O)c1ccc(C(C)(C)C)cc1)C1CN2CCC1CC2. The molecule has 0 N–H and O–H groups in total. The summed E-state index contributed by atoms with van der Waals surface area (Å²) in [6.45, 7) is 10.1. The first-order chi connectivity index (χ1) is 10.4. The molecule has 3 heterocycles. The minimum atomic E-state index is 0.128. The smallest absolute Gasteiger partial charge is 0.253 e. The number of likely N-dealkylation sites (N-methyl/N-ethyl adjacent to an activating group) is 1. The first-order valence-corrected chi connectivity index (χ1v) is 8.46. The highest BCUT2D eigenvalue weighted by Gasteiger charge is 2.37. The zero-order valence-corrected chi connectivity index (χ0v) is 14.3. The van der Waals surface area contributed by atoms with Crippen LogP contribution in [0.4, 0.5) is 0 Å². The van der Waals surface area contributed by atoms with Gasteiger partial charge in [-0.05, 0) is 55.0 Å². The molecule has 1 unspecified atom stereocenters. The maximum absolute atomic E-state index is 12.8. The van der Waals surface area contributed by atoms with Crippen molar-refractivity contribution in [3.63, 3.8) is 0 Å². The average Bonchev–Trinajstić information content (AvgIpc) is 2.54. The second kappa shape index (κ2) is 5.69. The van der Waals surface area contributed by atoms with Crippen LogP contribution >= 0.6 is 0 Å². The lowest BCUT2D eigenvalue weighted by Crippen LogP contribution is -2.57. The fraction of sp³-hybridized carbons (Fsp3) is 0.632. The molecule has 1 aromatic carbocycles. The molecule has 0 radical (unpaired) electrons. The molecule has 1 atom stereocenters. The minimum Gasteiger partial charge on any atom is -0.337 e. The van der Waals surface area contributed by atoms with Crippen LogP contribution in [0.15, 0.2) is 24.3 Å². The Morgan fingerprint density at radius 1 is 1.14 bits per heavy atom. The minimum absolute atomic E-state index is 0.128. The fourth-order valence-corrected chi connectivity index (χ4v) is 3.84. The highest BCUT2D eigenvalue weighted by atomic mass is 16.2. The number of fused-ring (bicyclic) bond motifs is 3. The van der Waals surface area contributed by atoms with Gasteiger partial charge in [0.15, 0.2) is 0 Å². The van der Waals surface area contributed by atoms with Gasteiger partial charge in [-0.25, -0.2) is 0 Å². The Kier molecular flexibility index (Phi) is 4.02. The third-order valence-corrected chi connectivity index (χ3v) is 5.44. The summed E-state index contributed by atoms with van der Waals surface area (Å²) in [5.41, 5.74) is 2.21. The van der Waals surface area contributed by atoms with E-state index in [0.29, 0.717) is 12.0 Å². The lowest BCUT2D eigenvalue weighted by Gasteiger charge is -2.48. The molecule has 3 aliphatic heterocycles. The molecule has 1 amide bonds. The molecule has 22 heavy (non-hydrogen) atoms. The molecule has 0 aliphatic carbocycles. The lowest BCUT2D eigenvalue weighted by atomic mass is 9.83. The summed E-state index contributed by atoms with van der Waals surface area (Å²) in [4.78, 5) is 17.3. The van der Waals surface area contributed by atoms with Crippen LogP contribution in [0.5, 0.6) is 0 Å². The van der Waals surface area contributed by atoms with Gasteiger partial charge in [-0.15, -0.1) is 0 Å². The van der Waals surface area contributed by atoms with Crippen LogP contribution in [0.25, 0.3) is 0 Å². The summed E-state index contributed by atoms with van der Waals surface area (Å²) in [5.74, 6) is 0.854. The van der Waals surface area contributed by atoms with Crippen molar-refractivity contribution < 1.29 is 4.79 Å². The average molecular weight is 300 g/mol. The highest BCUT2D eigenvalue weighted by Crippen LogP contribution is 2.31. The van der Waals surface area contributed by atoms with Gasteiger partial charge >= 0.3 is 0 Å². The van der Waals surface area contributed by atoms with Crippen molar-refractivity contribution in [2.45, 2.75) is 45.1 Å². The number of nitrogens with zero attached hydrogens (tertiary/aromatic N) is 2. The van der Waals surface area contributed by atoms with Crippen molar-refractivity contribution in [2.24, 2.45) is 5.92 Å². The predicted molar refractivity (Wildman–Crippen MR) is 90.2 cm³/mol. The van der Waals surface area contributed by atoms with Gasteiger partial charge in [0.25, 0.3) is 5.91 Å². The van der Waals surface area contributed by atoms with Crippen LogP contribution in [-0.4, -0.2) is 48.4 Å². The van der Waals surface area contributed by atoms with Gasteiger partial charge in [-0.2, -0.15) is 0 Å². The highest BCUT2D eigenvalue weighted by molar-refractivity contribution is 5.94. The number of benzene rings is 1. The van der Waals surface area contributed by atoms with Crippen molar-refractivity contribution >= 4 is 5.91 Å². The summed E-state index contributed by atoms with van der Waals surface area (Å²) < 4.78 is 0. The third-order valence-electron chi connectivity index (χ3n) is 5.44. The van der Waals surface area contributed by atoms with Gasteiger partial charge in [0, 0.05) is 25.2 Å². The van der Waals surface area contributed by atoms with Gasteiger partial charge in [0.2, 0.25) is 0 Å². The summed E-state index contributed by atoms with van der Waals surface area (Å²) in [7, 11) is 1.98. The number of hydrogen-bond acceptors (Lipinski definition) is 2. The molecule has 3 saturated heterocycles. The molecule has 4 rings (SSSR count). The van der Waals surface area contributed by atoms with Crippen molar-refractivity contribution in [3.05, 3.63) is 35.4 Å². The molecule has 0 aromatic heterocycles. The molecule has 2 bridgehead atoms. The van der Waals surface area contributed by atoms with Gasteiger partial charge in [0.1, 0.15) is 0 Å². The van der Waals surface area contributed by atoms with E-state index in [1.54, 1.807) is 0 Å². The van der Waals surface area contributed by atoms with Crippen molar-refractivity contribution in [2.75, 3.05) is 26.7 Å². The second-order valence-electron chi connectivity index (χ2n) is 7.95. The van der Waals surface area contributed by atoms with Crippen molar-refractivity contribution in [1.29, 1.82) is 0 Å². The van der Waals surface area contributed by atoms with Crippen LogP contribution in [0.3, 0.4) is 0 Å². The van der Waals surface area contributed by atoms with Gasteiger partial charge in [0.05, 0.1) is 0 Å². The molecule has 3 heteroatoms. The monoisotopic (exact) mass is 300 g/mol. The van der Waals surface area contributed by atoms with E-state index in [1.807, 2.05) is 24.1 Å². The lowest BCUT2D eigenvalue weighted by molar-refractivity contribution is 0.0162. The first-order valence-electron chi connectivity index (χ1n) is 8.46. The first kappa shape index (κ1) is 15.5. The summed E-state index contributed by atoms with van der Waals surface area (Å²) in [5, 5.41) is 0. The maximum Gasteiger partial charge on any atom is 0.253 e. The standard InChI is InChI=1S/C19H28N2O/c1-19(2,3)16-7-5-15(6-8-16)18(22)20(4)17-13-21-11-9-14(17)10-12-21/h5-8,14,17H,9-13H2,1-4H3. The Morgan fingerprint density at radius 2 is 1.73 bits per heavy atom. The van der Waals surface area contributed by atoms with E-state index >= 15 is 0 Å². The summed E-state index contributed by atoms with van der Waals surface area (Å²) >= 11 is 0. The third kappa shape index (κ3) is 2.91. The molecular weight excluding hydrogens is 272 g/mol. The Hall–Kier alpha value is -1.35. The van der Waals surface area contributed by atoms with E-state index in [1.165, 1.54) is 31.5 Å². The topological polar surface area (TPSA) is 23.6 Å². The zero-order valence-electron chi connectivity index (χ0n) is 14.3. The number of carbonyl (C=O) groups is 1. The second-order valence-corrected chi connectivity index (χ2v) is 7.95. The molecule has 0 saturated carbocycles. The van der Waals surface area contributed by atoms with Gasteiger partial charge in [-0.1, -0.05) is 32.9 Å². The quantitative estimate of drug-likeness (QED) is 0.837. The number of rotatable bonds is 2. The Bertz CT molecular complexity index is 536. The fourth-order valence-electron chi connectivity index (χ4n) is 3.84. The molecule has 1 aromatic rings. The molecular formula is C19H28N2O. The van der Waals surface area contributed by atoms with Gasteiger partial charge in [-0.3, -0.25) is 4.79 Å². The van der Waals surface area contributed by atoms with Crippen LogP contribution in [0.1, 0.15) is 49.5 Å². The largest absolute Gasteiger partial charge is 0.337 e. The Balaban J connectivity index is 1.73. The predicted octanol–water partition coefficient (Wildman–Crippen LogP) is 3.15. The van der Waals surface area contributed by atoms with Crippen molar-refractivity contribution in [3.8, 4) is 0 Å². The molecule has 3 nitrogen and oxygen atoms in total. The van der Waals surface area contributed by atoms with E-state index < -0.39 is 0 Å². The zero-order chi connectivity index (χ0) is 15.9. The molecule has 3 fully saturated rings. The normalized spacial score (nSPS) is 27.7. The number of carbonyl (C=O) groups excluding carboxylic acids is 1. The summed E-state index contributed by atoms with van der Waals surface area (Å²) in [6, 6.07) is 8.55. The van der Waals surface area contributed by atoms with Crippen molar-refractivity contribution in [1.82, 2.24) is 9.80 Å². The van der Waals surface area contributed by atoms with E-state index in [9.17, 15) is 4.79 Å². The van der Waals surface area contributed by atoms with Crippen LogP contribution in [0.2, 0.25) is 0 Å². The summed E-state index contributed by atoms with van der Waals surface area (Å²) in [6.07, 6.45) is 2.48. The maximum atomic E-state index is 12.8. The Labute approximate surface area is 134 Å². The number of amides is 1. The van der Waals surface area contributed by atoms with Crippen LogP contribution in [-0.2, 0) is 5.41 Å². The van der Waals surface area contributed by atoms with E-state index in [2.05, 4.69) is 37.8 Å².